The lowest BCUT2D eigenvalue weighted by Gasteiger charge is -2.20. The van der Waals surface area contributed by atoms with Crippen molar-refractivity contribution in [3.8, 4) is 0 Å². The number of aromatic nitrogens is 2. The van der Waals surface area contributed by atoms with Crippen LogP contribution < -0.4 is 0 Å². The molecule has 1 aliphatic rings. The molecule has 14 heavy (non-hydrogen) atoms. The summed E-state index contributed by atoms with van der Waals surface area (Å²) in [6, 6.07) is 1.65. The van der Waals surface area contributed by atoms with Gasteiger partial charge in [0.15, 0.2) is 5.78 Å². The van der Waals surface area contributed by atoms with Crippen LogP contribution in [0.25, 0.3) is 0 Å². The molecule has 0 amide bonds. The molecule has 2 heterocycles. The van der Waals surface area contributed by atoms with Crippen molar-refractivity contribution in [3.63, 3.8) is 0 Å². The van der Waals surface area contributed by atoms with E-state index in [1.54, 1.807) is 12.3 Å². The lowest BCUT2D eigenvalue weighted by molar-refractivity contribution is 0.0458. The summed E-state index contributed by atoms with van der Waals surface area (Å²) < 4.78 is 5.26. The first-order valence-electron chi connectivity index (χ1n) is 4.76. The Labute approximate surface area is 82.3 Å². The van der Waals surface area contributed by atoms with Crippen molar-refractivity contribution in [1.29, 1.82) is 0 Å². The lowest BCUT2D eigenvalue weighted by atomic mass is 9.95. The molecule has 0 saturated carbocycles. The van der Waals surface area contributed by atoms with E-state index >= 15 is 0 Å². The first kappa shape index (κ1) is 9.27. The molecule has 1 atom stereocenters. The Morgan fingerprint density at radius 2 is 2.50 bits per heavy atom. The van der Waals surface area contributed by atoms with Gasteiger partial charge in [-0.1, -0.05) is 0 Å². The van der Waals surface area contributed by atoms with Crippen LogP contribution in [-0.4, -0.2) is 29.0 Å². The van der Waals surface area contributed by atoms with Gasteiger partial charge in [-0.05, 0) is 18.9 Å². The summed E-state index contributed by atoms with van der Waals surface area (Å²) in [4.78, 5) is 19.5. The third-order valence-corrected chi connectivity index (χ3v) is 2.37. The number of hydrogen-bond acceptors (Lipinski definition) is 4. The third kappa shape index (κ3) is 1.96. The molecule has 0 spiro atoms. The summed E-state index contributed by atoms with van der Waals surface area (Å²) in [7, 11) is 0. The monoisotopic (exact) mass is 192 g/mol. The van der Waals surface area contributed by atoms with Crippen molar-refractivity contribution in [2.45, 2.75) is 12.8 Å². The Kier molecular flexibility index (Phi) is 2.84. The summed E-state index contributed by atoms with van der Waals surface area (Å²) >= 11 is 0. The van der Waals surface area contributed by atoms with Crippen LogP contribution in [0.5, 0.6) is 0 Å². The standard InChI is InChI=1S/C10H12N2O2/c13-10(8-2-1-5-14-6-8)9-3-4-11-7-12-9/h3-4,7-8H,1-2,5-6H2. The first-order chi connectivity index (χ1) is 6.88. The van der Waals surface area contributed by atoms with Gasteiger partial charge in [0.05, 0.1) is 6.61 Å². The van der Waals surface area contributed by atoms with Gasteiger partial charge in [0.2, 0.25) is 0 Å². The molecule has 1 saturated heterocycles. The third-order valence-electron chi connectivity index (χ3n) is 2.37. The van der Waals surface area contributed by atoms with Crippen LogP contribution in [0.1, 0.15) is 23.3 Å². The summed E-state index contributed by atoms with van der Waals surface area (Å²) in [6.07, 6.45) is 4.85. The molecule has 0 bridgehead atoms. The number of ketones is 1. The number of rotatable bonds is 2. The van der Waals surface area contributed by atoms with Gasteiger partial charge in [-0.3, -0.25) is 4.79 Å². The fourth-order valence-corrected chi connectivity index (χ4v) is 1.59. The maximum Gasteiger partial charge on any atom is 0.186 e. The molecule has 1 unspecified atom stereocenters. The summed E-state index contributed by atoms with van der Waals surface area (Å²) in [5.41, 5.74) is 0.496. The van der Waals surface area contributed by atoms with Crippen molar-refractivity contribution >= 4 is 5.78 Å². The second kappa shape index (κ2) is 4.28. The average Bonchev–Trinajstić information content (AvgIpc) is 2.30. The highest BCUT2D eigenvalue weighted by Crippen LogP contribution is 2.17. The van der Waals surface area contributed by atoms with E-state index in [9.17, 15) is 4.79 Å². The molecule has 1 aromatic rings. The highest BCUT2D eigenvalue weighted by atomic mass is 16.5. The molecular formula is C10H12N2O2. The van der Waals surface area contributed by atoms with Crippen molar-refractivity contribution in [2.24, 2.45) is 5.92 Å². The number of hydrogen-bond donors (Lipinski definition) is 0. The normalized spacial score (nSPS) is 21.9. The lowest BCUT2D eigenvalue weighted by Crippen LogP contribution is -2.25. The molecule has 74 valence electrons. The van der Waals surface area contributed by atoms with Gasteiger partial charge in [0.1, 0.15) is 12.0 Å². The molecule has 0 radical (unpaired) electrons. The smallest absolute Gasteiger partial charge is 0.186 e. The van der Waals surface area contributed by atoms with Crippen molar-refractivity contribution < 1.29 is 9.53 Å². The van der Waals surface area contributed by atoms with E-state index < -0.39 is 0 Å². The molecule has 0 aromatic carbocycles. The molecular weight excluding hydrogens is 180 g/mol. The van der Waals surface area contributed by atoms with Gasteiger partial charge in [-0.25, -0.2) is 9.97 Å². The van der Waals surface area contributed by atoms with Gasteiger partial charge >= 0.3 is 0 Å². The van der Waals surface area contributed by atoms with Crippen LogP contribution in [0.4, 0.5) is 0 Å². The zero-order valence-electron chi connectivity index (χ0n) is 7.85. The van der Waals surface area contributed by atoms with Crippen LogP contribution in [0.15, 0.2) is 18.6 Å². The van der Waals surface area contributed by atoms with Crippen molar-refractivity contribution in [2.75, 3.05) is 13.2 Å². The van der Waals surface area contributed by atoms with Crippen LogP contribution in [0.3, 0.4) is 0 Å². The highest BCUT2D eigenvalue weighted by molar-refractivity contribution is 5.96. The van der Waals surface area contributed by atoms with E-state index in [1.807, 2.05) is 0 Å². The number of carbonyl (C=O) groups is 1. The largest absolute Gasteiger partial charge is 0.381 e. The minimum Gasteiger partial charge on any atom is -0.381 e. The Morgan fingerprint density at radius 1 is 1.57 bits per heavy atom. The zero-order valence-corrected chi connectivity index (χ0v) is 7.85. The van der Waals surface area contributed by atoms with Crippen LogP contribution in [0, 0.1) is 5.92 Å². The molecule has 1 fully saturated rings. The summed E-state index contributed by atoms with van der Waals surface area (Å²) in [5.74, 6) is 0.0609. The predicted molar refractivity (Wildman–Crippen MR) is 49.9 cm³/mol. The molecule has 2 rings (SSSR count). The van der Waals surface area contributed by atoms with E-state index in [-0.39, 0.29) is 11.7 Å². The molecule has 0 N–H and O–H groups in total. The minimum absolute atomic E-state index is 0.0151. The Bertz CT molecular complexity index is 307. The van der Waals surface area contributed by atoms with Gasteiger partial charge in [-0.15, -0.1) is 0 Å². The van der Waals surface area contributed by atoms with Crippen molar-refractivity contribution in [1.82, 2.24) is 9.97 Å². The van der Waals surface area contributed by atoms with Gasteiger partial charge in [-0.2, -0.15) is 0 Å². The molecule has 1 aliphatic heterocycles. The highest BCUT2D eigenvalue weighted by Gasteiger charge is 2.23. The van der Waals surface area contributed by atoms with E-state index in [4.69, 9.17) is 4.74 Å². The summed E-state index contributed by atoms with van der Waals surface area (Å²) in [6.45, 7) is 1.30. The molecule has 0 aliphatic carbocycles. The van der Waals surface area contributed by atoms with Gasteiger partial charge < -0.3 is 4.74 Å². The maximum absolute atomic E-state index is 11.8. The number of nitrogens with zero attached hydrogens (tertiary/aromatic N) is 2. The topological polar surface area (TPSA) is 52.1 Å². The van der Waals surface area contributed by atoms with Crippen molar-refractivity contribution in [3.05, 3.63) is 24.3 Å². The SMILES string of the molecule is O=C(c1ccncn1)C1CCCOC1. The quantitative estimate of drug-likeness (QED) is 0.658. The van der Waals surface area contributed by atoms with Gasteiger partial charge in [0.25, 0.3) is 0 Å². The van der Waals surface area contributed by atoms with E-state index in [0.717, 1.165) is 19.4 Å². The van der Waals surface area contributed by atoms with E-state index in [0.29, 0.717) is 12.3 Å². The average molecular weight is 192 g/mol. The first-order valence-corrected chi connectivity index (χ1v) is 4.76. The fourth-order valence-electron chi connectivity index (χ4n) is 1.59. The molecule has 4 heteroatoms. The number of ether oxygens (including phenoxy) is 1. The Balaban J connectivity index is 2.07. The van der Waals surface area contributed by atoms with Crippen LogP contribution in [-0.2, 0) is 4.74 Å². The number of Topliss-reactive ketones (excluding diaryl/α,β-unsaturated/α-hetero) is 1. The summed E-state index contributed by atoms with van der Waals surface area (Å²) in [5, 5.41) is 0. The van der Waals surface area contributed by atoms with E-state index in [2.05, 4.69) is 9.97 Å². The Hall–Kier alpha value is -1.29. The second-order valence-corrected chi connectivity index (χ2v) is 3.37. The molecule has 1 aromatic heterocycles. The predicted octanol–water partition coefficient (Wildman–Crippen LogP) is 1.09. The van der Waals surface area contributed by atoms with Gasteiger partial charge in [0, 0.05) is 18.7 Å². The number of carbonyl (C=O) groups excluding carboxylic acids is 1. The van der Waals surface area contributed by atoms with Crippen LogP contribution >= 0.6 is 0 Å². The van der Waals surface area contributed by atoms with Crippen LogP contribution in [0.2, 0.25) is 0 Å². The van der Waals surface area contributed by atoms with E-state index in [1.165, 1.54) is 6.33 Å². The second-order valence-electron chi connectivity index (χ2n) is 3.37. The maximum atomic E-state index is 11.8. The molecule has 4 nitrogen and oxygen atoms in total. The zero-order chi connectivity index (χ0) is 9.80. The minimum atomic E-state index is -0.0151. The Morgan fingerprint density at radius 3 is 3.14 bits per heavy atom. The fraction of sp³-hybridized carbons (Fsp3) is 0.500.